The van der Waals surface area contributed by atoms with Gasteiger partial charge in [0.05, 0.1) is 0 Å². The number of nitrogens with zero attached hydrogens (tertiary/aromatic N) is 2. The van der Waals surface area contributed by atoms with E-state index in [4.69, 9.17) is 5.73 Å². The van der Waals surface area contributed by atoms with E-state index in [9.17, 15) is 0 Å². The average Bonchev–Trinajstić information content (AvgIpc) is 2.55. The predicted molar refractivity (Wildman–Crippen MR) is 88.2 cm³/mol. The number of nitrogens with two attached hydrogens (primary N) is 1. The van der Waals surface area contributed by atoms with Crippen LogP contribution in [0, 0.1) is 0 Å². The summed E-state index contributed by atoms with van der Waals surface area (Å²) in [6.07, 6.45) is 5.00. The fourth-order valence-corrected chi connectivity index (χ4v) is 2.52. The second-order valence-electron chi connectivity index (χ2n) is 5.47. The molecule has 0 fully saturated rings. The first-order valence-electron chi connectivity index (χ1n) is 7.63. The molecule has 1 aromatic heterocycles. The third kappa shape index (κ3) is 5.29. The van der Waals surface area contributed by atoms with E-state index in [0.717, 1.165) is 31.5 Å². The summed E-state index contributed by atoms with van der Waals surface area (Å²) in [5.41, 5.74) is 8.47. The Balaban J connectivity index is 1.79. The molecule has 112 valence electrons. The Morgan fingerprint density at radius 1 is 1.05 bits per heavy atom. The molecule has 0 aliphatic heterocycles. The van der Waals surface area contributed by atoms with Crippen molar-refractivity contribution in [3.8, 4) is 0 Å². The van der Waals surface area contributed by atoms with Gasteiger partial charge < -0.3 is 10.6 Å². The van der Waals surface area contributed by atoms with Crippen LogP contribution in [-0.2, 0) is 12.8 Å². The number of benzene rings is 1. The Morgan fingerprint density at radius 2 is 1.81 bits per heavy atom. The second-order valence-corrected chi connectivity index (χ2v) is 5.47. The van der Waals surface area contributed by atoms with Gasteiger partial charge in [-0.25, -0.2) is 0 Å². The fraction of sp³-hybridized carbons (Fsp3) is 0.389. The highest BCUT2D eigenvalue weighted by molar-refractivity contribution is 5.14. The summed E-state index contributed by atoms with van der Waals surface area (Å²) >= 11 is 0. The third-order valence-electron chi connectivity index (χ3n) is 3.95. The molecule has 0 bridgehead atoms. The molecule has 0 saturated carbocycles. The standard InChI is InChI=1S/C18H25N3/c1-21(14-12-17-9-5-6-13-20-17)18(15-19)11-10-16-7-3-2-4-8-16/h2-9,13,18H,10-12,14-15,19H2,1H3. The average molecular weight is 283 g/mol. The van der Waals surface area contributed by atoms with Crippen LogP contribution in [0.3, 0.4) is 0 Å². The molecule has 1 heterocycles. The molecule has 2 N–H and O–H groups in total. The quantitative estimate of drug-likeness (QED) is 0.809. The minimum atomic E-state index is 0.425. The summed E-state index contributed by atoms with van der Waals surface area (Å²) in [4.78, 5) is 6.73. The van der Waals surface area contributed by atoms with Crippen molar-refractivity contribution in [2.45, 2.75) is 25.3 Å². The monoisotopic (exact) mass is 283 g/mol. The zero-order chi connectivity index (χ0) is 14.9. The third-order valence-corrected chi connectivity index (χ3v) is 3.95. The number of aromatic nitrogens is 1. The van der Waals surface area contributed by atoms with Crippen molar-refractivity contribution in [3.05, 3.63) is 66.0 Å². The van der Waals surface area contributed by atoms with Crippen LogP contribution in [0.4, 0.5) is 0 Å². The molecule has 1 atom stereocenters. The molecule has 0 amide bonds. The molecule has 21 heavy (non-hydrogen) atoms. The molecule has 0 aliphatic rings. The summed E-state index contributed by atoms with van der Waals surface area (Å²) in [6, 6.07) is 17.1. The van der Waals surface area contributed by atoms with Gasteiger partial charge in [-0.05, 0) is 37.6 Å². The highest BCUT2D eigenvalue weighted by atomic mass is 15.1. The van der Waals surface area contributed by atoms with Gasteiger partial charge in [-0.3, -0.25) is 4.98 Å². The first-order valence-corrected chi connectivity index (χ1v) is 7.63. The van der Waals surface area contributed by atoms with Crippen LogP contribution in [-0.4, -0.2) is 36.1 Å². The van der Waals surface area contributed by atoms with Gasteiger partial charge in [0, 0.05) is 37.4 Å². The first-order chi connectivity index (χ1) is 10.3. The number of rotatable bonds is 8. The molecule has 1 aromatic carbocycles. The van der Waals surface area contributed by atoms with Gasteiger partial charge in [-0.2, -0.15) is 0 Å². The van der Waals surface area contributed by atoms with Crippen LogP contribution in [0.2, 0.25) is 0 Å². The van der Waals surface area contributed by atoms with Crippen molar-refractivity contribution >= 4 is 0 Å². The van der Waals surface area contributed by atoms with E-state index >= 15 is 0 Å². The van der Waals surface area contributed by atoms with Crippen LogP contribution in [0.5, 0.6) is 0 Å². The maximum atomic E-state index is 5.95. The minimum absolute atomic E-state index is 0.425. The SMILES string of the molecule is CN(CCc1ccccn1)C(CN)CCc1ccccc1. The summed E-state index contributed by atoms with van der Waals surface area (Å²) < 4.78 is 0. The molecule has 0 saturated heterocycles. The van der Waals surface area contributed by atoms with Crippen molar-refractivity contribution < 1.29 is 0 Å². The van der Waals surface area contributed by atoms with Crippen molar-refractivity contribution in [1.29, 1.82) is 0 Å². The summed E-state index contributed by atoms with van der Waals surface area (Å²) in [5.74, 6) is 0. The smallest absolute Gasteiger partial charge is 0.0416 e. The number of likely N-dealkylation sites (N-methyl/N-ethyl adjacent to an activating group) is 1. The van der Waals surface area contributed by atoms with Gasteiger partial charge in [-0.1, -0.05) is 36.4 Å². The molecule has 1 unspecified atom stereocenters. The number of aryl methyl sites for hydroxylation is 1. The Labute approximate surface area is 127 Å². The maximum Gasteiger partial charge on any atom is 0.0416 e. The van der Waals surface area contributed by atoms with E-state index in [1.54, 1.807) is 0 Å². The van der Waals surface area contributed by atoms with E-state index in [2.05, 4.69) is 53.3 Å². The zero-order valence-corrected chi connectivity index (χ0v) is 12.8. The molecular formula is C18H25N3. The summed E-state index contributed by atoms with van der Waals surface area (Å²) in [5, 5.41) is 0. The van der Waals surface area contributed by atoms with E-state index in [1.807, 2.05) is 18.3 Å². The summed E-state index contributed by atoms with van der Waals surface area (Å²) in [6.45, 7) is 1.69. The van der Waals surface area contributed by atoms with Gasteiger partial charge in [0.15, 0.2) is 0 Å². The van der Waals surface area contributed by atoms with E-state index in [-0.39, 0.29) is 0 Å². The maximum absolute atomic E-state index is 5.95. The van der Waals surface area contributed by atoms with Crippen molar-refractivity contribution in [1.82, 2.24) is 9.88 Å². The Morgan fingerprint density at radius 3 is 2.48 bits per heavy atom. The largest absolute Gasteiger partial charge is 0.329 e. The van der Waals surface area contributed by atoms with E-state index < -0.39 is 0 Å². The highest BCUT2D eigenvalue weighted by Crippen LogP contribution is 2.09. The molecule has 0 aliphatic carbocycles. The van der Waals surface area contributed by atoms with Gasteiger partial charge >= 0.3 is 0 Å². The molecule has 3 heteroatoms. The Hall–Kier alpha value is -1.71. The molecule has 2 aromatic rings. The minimum Gasteiger partial charge on any atom is -0.329 e. The Kier molecular flexibility index (Phi) is 6.38. The lowest BCUT2D eigenvalue weighted by molar-refractivity contribution is 0.237. The Bertz CT molecular complexity index is 498. The van der Waals surface area contributed by atoms with Crippen molar-refractivity contribution in [2.75, 3.05) is 20.1 Å². The van der Waals surface area contributed by atoms with Crippen LogP contribution in [0.15, 0.2) is 54.7 Å². The van der Waals surface area contributed by atoms with E-state index in [0.29, 0.717) is 12.6 Å². The molecule has 3 nitrogen and oxygen atoms in total. The lowest BCUT2D eigenvalue weighted by Gasteiger charge is -2.27. The molecular weight excluding hydrogens is 258 g/mol. The van der Waals surface area contributed by atoms with Crippen LogP contribution in [0.1, 0.15) is 17.7 Å². The number of pyridine rings is 1. The van der Waals surface area contributed by atoms with Crippen LogP contribution < -0.4 is 5.73 Å². The summed E-state index contributed by atoms with van der Waals surface area (Å²) in [7, 11) is 2.16. The molecule has 2 rings (SSSR count). The highest BCUT2D eigenvalue weighted by Gasteiger charge is 2.13. The van der Waals surface area contributed by atoms with Crippen LogP contribution >= 0.6 is 0 Å². The normalized spacial score (nSPS) is 12.5. The predicted octanol–water partition coefficient (Wildman–Crippen LogP) is 2.52. The zero-order valence-electron chi connectivity index (χ0n) is 12.8. The lowest BCUT2D eigenvalue weighted by atomic mass is 10.0. The molecule has 0 radical (unpaired) electrons. The topological polar surface area (TPSA) is 42.2 Å². The van der Waals surface area contributed by atoms with Gasteiger partial charge in [-0.15, -0.1) is 0 Å². The van der Waals surface area contributed by atoms with Crippen molar-refractivity contribution in [2.24, 2.45) is 5.73 Å². The van der Waals surface area contributed by atoms with Gasteiger partial charge in [0.2, 0.25) is 0 Å². The second kappa shape index (κ2) is 8.55. The molecule has 0 spiro atoms. The van der Waals surface area contributed by atoms with Crippen LogP contribution in [0.25, 0.3) is 0 Å². The fourth-order valence-electron chi connectivity index (χ4n) is 2.52. The lowest BCUT2D eigenvalue weighted by Crippen LogP contribution is -2.39. The number of hydrogen-bond acceptors (Lipinski definition) is 3. The van der Waals surface area contributed by atoms with Gasteiger partial charge in [0.25, 0.3) is 0 Å². The van der Waals surface area contributed by atoms with Crippen molar-refractivity contribution in [3.63, 3.8) is 0 Å². The van der Waals surface area contributed by atoms with E-state index in [1.165, 1.54) is 5.56 Å². The van der Waals surface area contributed by atoms with Gasteiger partial charge in [0.1, 0.15) is 0 Å². The first kappa shape index (κ1) is 15.7. The number of hydrogen-bond donors (Lipinski definition) is 1.